The highest BCUT2D eigenvalue weighted by Gasteiger charge is 2.33. The summed E-state index contributed by atoms with van der Waals surface area (Å²) in [5.41, 5.74) is 1.01. The fourth-order valence-electron chi connectivity index (χ4n) is 2.57. The van der Waals surface area contributed by atoms with E-state index in [4.69, 9.17) is 11.6 Å². The molecular formula is C14H20ClNO2S. The van der Waals surface area contributed by atoms with Crippen molar-refractivity contribution in [2.24, 2.45) is 0 Å². The van der Waals surface area contributed by atoms with Gasteiger partial charge in [0.05, 0.1) is 5.25 Å². The first-order valence-electron chi connectivity index (χ1n) is 6.73. The van der Waals surface area contributed by atoms with Gasteiger partial charge in [-0.05, 0) is 18.4 Å². The first-order chi connectivity index (χ1) is 9.14. The SMILES string of the molecule is O=S(=O)(C1CCCC1)N(CCCl)Cc1ccccc1. The average Bonchev–Trinajstić information content (AvgIpc) is 2.94. The molecule has 0 N–H and O–H groups in total. The summed E-state index contributed by atoms with van der Waals surface area (Å²) in [5, 5.41) is -0.209. The van der Waals surface area contributed by atoms with E-state index < -0.39 is 10.0 Å². The standard InChI is InChI=1S/C14H20ClNO2S/c15-10-11-16(12-13-6-2-1-3-7-13)19(17,18)14-8-4-5-9-14/h1-3,6-7,14H,4-5,8-12H2. The molecule has 1 fully saturated rings. The summed E-state index contributed by atoms with van der Waals surface area (Å²) in [6, 6.07) is 9.68. The smallest absolute Gasteiger partial charge is 0.212 e. The molecule has 0 aromatic heterocycles. The summed E-state index contributed by atoms with van der Waals surface area (Å²) in [4.78, 5) is 0. The van der Waals surface area contributed by atoms with Gasteiger partial charge < -0.3 is 0 Å². The zero-order valence-electron chi connectivity index (χ0n) is 11.0. The lowest BCUT2D eigenvalue weighted by Crippen LogP contribution is -2.38. The van der Waals surface area contributed by atoms with E-state index in [0.717, 1.165) is 31.2 Å². The largest absolute Gasteiger partial charge is 0.217 e. The van der Waals surface area contributed by atoms with Crippen LogP contribution in [0.1, 0.15) is 31.2 Å². The monoisotopic (exact) mass is 301 g/mol. The fraction of sp³-hybridized carbons (Fsp3) is 0.571. The van der Waals surface area contributed by atoms with E-state index in [0.29, 0.717) is 19.0 Å². The summed E-state index contributed by atoms with van der Waals surface area (Å²) < 4.78 is 26.7. The Labute approximate surface area is 120 Å². The predicted octanol–water partition coefficient (Wildman–Crippen LogP) is 3.00. The number of rotatable bonds is 6. The predicted molar refractivity (Wildman–Crippen MR) is 78.7 cm³/mol. The number of benzene rings is 1. The first-order valence-corrected chi connectivity index (χ1v) is 8.77. The van der Waals surface area contributed by atoms with E-state index in [1.54, 1.807) is 4.31 Å². The molecule has 0 saturated heterocycles. The summed E-state index contributed by atoms with van der Waals surface area (Å²) in [6.45, 7) is 0.807. The van der Waals surface area contributed by atoms with E-state index in [9.17, 15) is 8.42 Å². The van der Waals surface area contributed by atoms with Gasteiger partial charge >= 0.3 is 0 Å². The molecule has 1 aromatic carbocycles. The van der Waals surface area contributed by atoms with E-state index >= 15 is 0 Å². The molecule has 0 radical (unpaired) electrons. The Kier molecular flexibility index (Phi) is 5.25. The molecule has 0 spiro atoms. The topological polar surface area (TPSA) is 37.4 Å². The van der Waals surface area contributed by atoms with E-state index in [-0.39, 0.29) is 5.25 Å². The molecule has 3 nitrogen and oxygen atoms in total. The molecule has 0 bridgehead atoms. The molecule has 1 aliphatic carbocycles. The van der Waals surface area contributed by atoms with Crippen molar-refractivity contribution in [2.75, 3.05) is 12.4 Å². The maximum absolute atomic E-state index is 12.6. The highest BCUT2D eigenvalue weighted by atomic mass is 35.5. The Morgan fingerprint density at radius 1 is 1.16 bits per heavy atom. The minimum Gasteiger partial charge on any atom is -0.212 e. The molecule has 5 heteroatoms. The van der Waals surface area contributed by atoms with Gasteiger partial charge in [-0.2, -0.15) is 4.31 Å². The molecule has 106 valence electrons. The Morgan fingerprint density at radius 3 is 2.37 bits per heavy atom. The molecule has 0 heterocycles. The average molecular weight is 302 g/mol. The second-order valence-corrected chi connectivity index (χ2v) is 7.55. The summed E-state index contributed by atoms with van der Waals surface area (Å²) in [6.07, 6.45) is 3.61. The minimum absolute atomic E-state index is 0.209. The van der Waals surface area contributed by atoms with Gasteiger partial charge in [0.1, 0.15) is 0 Å². The molecule has 1 saturated carbocycles. The van der Waals surface area contributed by atoms with Crippen LogP contribution in [0.5, 0.6) is 0 Å². The molecule has 2 rings (SSSR count). The van der Waals surface area contributed by atoms with Gasteiger partial charge in [-0.1, -0.05) is 43.2 Å². The third-order valence-electron chi connectivity index (χ3n) is 3.62. The third-order valence-corrected chi connectivity index (χ3v) is 6.13. The Balaban J connectivity index is 2.15. The summed E-state index contributed by atoms with van der Waals surface area (Å²) in [5.74, 6) is 0.332. The van der Waals surface area contributed by atoms with Crippen LogP contribution in [0, 0.1) is 0 Å². The molecule has 0 unspecified atom stereocenters. The molecular weight excluding hydrogens is 282 g/mol. The molecule has 19 heavy (non-hydrogen) atoms. The van der Waals surface area contributed by atoms with E-state index in [1.807, 2.05) is 30.3 Å². The van der Waals surface area contributed by atoms with Crippen LogP contribution in [0.3, 0.4) is 0 Å². The maximum atomic E-state index is 12.6. The van der Waals surface area contributed by atoms with Crippen LogP contribution >= 0.6 is 11.6 Å². The van der Waals surface area contributed by atoms with Crippen molar-refractivity contribution in [3.05, 3.63) is 35.9 Å². The van der Waals surface area contributed by atoms with E-state index in [2.05, 4.69) is 0 Å². The first kappa shape index (κ1) is 14.8. The van der Waals surface area contributed by atoms with Gasteiger partial charge in [0, 0.05) is 19.0 Å². The van der Waals surface area contributed by atoms with Crippen molar-refractivity contribution >= 4 is 21.6 Å². The third kappa shape index (κ3) is 3.71. The number of alkyl halides is 1. The number of sulfonamides is 1. The zero-order valence-corrected chi connectivity index (χ0v) is 12.5. The Morgan fingerprint density at radius 2 is 1.79 bits per heavy atom. The van der Waals surface area contributed by atoms with Crippen LogP contribution < -0.4 is 0 Å². The van der Waals surface area contributed by atoms with Gasteiger partial charge in [0.25, 0.3) is 0 Å². The van der Waals surface area contributed by atoms with Crippen molar-refractivity contribution in [3.63, 3.8) is 0 Å². The summed E-state index contributed by atoms with van der Waals surface area (Å²) >= 11 is 5.77. The minimum atomic E-state index is -3.21. The number of hydrogen-bond donors (Lipinski definition) is 0. The van der Waals surface area contributed by atoms with Gasteiger partial charge in [0.2, 0.25) is 10.0 Å². The molecule has 0 aliphatic heterocycles. The highest BCUT2D eigenvalue weighted by Crippen LogP contribution is 2.27. The Bertz CT molecular complexity index is 483. The lowest BCUT2D eigenvalue weighted by molar-refractivity contribution is 0.416. The zero-order chi connectivity index (χ0) is 13.7. The normalized spacial score (nSPS) is 17.2. The van der Waals surface area contributed by atoms with Gasteiger partial charge in [-0.25, -0.2) is 8.42 Å². The number of nitrogens with zero attached hydrogens (tertiary/aromatic N) is 1. The van der Waals surface area contributed by atoms with Crippen LogP contribution in [0.15, 0.2) is 30.3 Å². The number of halogens is 1. The van der Waals surface area contributed by atoms with Gasteiger partial charge in [-0.3, -0.25) is 0 Å². The highest BCUT2D eigenvalue weighted by molar-refractivity contribution is 7.89. The van der Waals surface area contributed by atoms with Crippen molar-refractivity contribution in [3.8, 4) is 0 Å². The van der Waals surface area contributed by atoms with Gasteiger partial charge in [-0.15, -0.1) is 11.6 Å². The van der Waals surface area contributed by atoms with Crippen LogP contribution in [0.25, 0.3) is 0 Å². The second-order valence-electron chi connectivity index (χ2n) is 4.96. The molecule has 1 aliphatic rings. The second kappa shape index (κ2) is 6.73. The van der Waals surface area contributed by atoms with Gasteiger partial charge in [0.15, 0.2) is 0 Å². The fourth-order valence-corrected chi connectivity index (χ4v) is 4.90. The molecule has 0 amide bonds. The van der Waals surface area contributed by atoms with Crippen LogP contribution in [-0.2, 0) is 16.6 Å². The van der Waals surface area contributed by atoms with Crippen molar-refractivity contribution in [1.82, 2.24) is 4.31 Å². The van der Waals surface area contributed by atoms with Crippen LogP contribution in [0.2, 0.25) is 0 Å². The molecule has 0 atom stereocenters. The lowest BCUT2D eigenvalue weighted by atomic mass is 10.2. The maximum Gasteiger partial charge on any atom is 0.217 e. The quantitative estimate of drug-likeness (QED) is 0.758. The van der Waals surface area contributed by atoms with Crippen molar-refractivity contribution in [1.29, 1.82) is 0 Å². The van der Waals surface area contributed by atoms with Crippen molar-refractivity contribution in [2.45, 2.75) is 37.5 Å². The van der Waals surface area contributed by atoms with Crippen LogP contribution in [0.4, 0.5) is 0 Å². The van der Waals surface area contributed by atoms with Crippen LogP contribution in [-0.4, -0.2) is 30.4 Å². The number of hydrogen-bond acceptors (Lipinski definition) is 2. The lowest BCUT2D eigenvalue weighted by Gasteiger charge is -2.25. The molecule has 1 aromatic rings. The van der Waals surface area contributed by atoms with Crippen molar-refractivity contribution < 1.29 is 8.42 Å². The Hall–Kier alpha value is -0.580. The summed E-state index contributed by atoms with van der Waals surface area (Å²) in [7, 11) is -3.21. The van der Waals surface area contributed by atoms with E-state index in [1.165, 1.54) is 0 Å².